The summed E-state index contributed by atoms with van der Waals surface area (Å²) in [6.07, 6.45) is 2.86. The maximum absolute atomic E-state index is 14.4. The predicted molar refractivity (Wildman–Crippen MR) is 106 cm³/mol. The number of H-pyrrole nitrogens is 1. The Labute approximate surface area is 162 Å². The lowest BCUT2D eigenvalue weighted by Gasteiger charge is -2.36. The Morgan fingerprint density at radius 3 is 2.50 bits per heavy atom. The van der Waals surface area contributed by atoms with E-state index in [1.807, 2.05) is 0 Å². The average molecular weight is 387 g/mol. The van der Waals surface area contributed by atoms with Gasteiger partial charge in [-0.3, -0.25) is 0 Å². The zero-order valence-electron chi connectivity index (χ0n) is 15.6. The molecule has 0 radical (unpaired) electrons. The number of hydrogen-bond donors (Lipinski definition) is 3. The molecule has 0 bridgehead atoms. The Kier molecular flexibility index (Phi) is 5.42. The topological polar surface area (TPSA) is 53.8 Å². The van der Waals surface area contributed by atoms with Crippen LogP contribution in [0.5, 0.6) is 0 Å². The summed E-state index contributed by atoms with van der Waals surface area (Å²) in [5.74, 6) is -0.770. The van der Waals surface area contributed by atoms with Crippen molar-refractivity contribution in [3.8, 4) is 11.3 Å². The van der Waals surface area contributed by atoms with Crippen molar-refractivity contribution in [3.05, 3.63) is 59.4 Å². The van der Waals surface area contributed by atoms with Crippen molar-refractivity contribution in [2.24, 2.45) is 11.7 Å². The molecule has 1 heterocycles. The number of benzene rings is 2. The number of fused-ring (bicyclic) bond motifs is 1. The van der Waals surface area contributed by atoms with Gasteiger partial charge < -0.3 is 16.0 Å². The van der Waals surface area contributed by atoms with E-state index in [4.69, 9.17) is 5.73 Å². The van der Waals surface area contributed by atoms with E-state index in [0.717, 1.165) is 55.2 Å². The van der Waals surface area contributed by atoms with Gasteiger partial charge in [0.2, 0.25) is 0 Å². The quantitative estimate of drug-likeness (QED) is 0.516. The Morgan fingerprint density at radius 2 is 1.79 bits per heavy atom. The number of nitrogens with one attached hydrogen (secondary N) is 2. The van der Waals surface area contributed by atoms with Gasteiger partial charge in [0.15, 0.2) is 0 Å². The molecule has 0 aliphatic heterocycles. The number of rotatable bonds is 7. The summed E-state index contributed by atoms with van der Waals surface area (Å²) in [4.78, 5) is 3.13. The minimum atomic E-state index is -0.607. The van der Waals surface area contributed by atoms with Gasteiger partial charge in [0, 0.05) is 11.5 Å². The van der Waals surface area contributed by atoms with Crippen molar-refractivity contribution >= 4 is 10.9 Å². The third-order valence-electron chi connectivity index (χ3n) is 5.63. The maximum atomic E-state index is 14.4. The number of aromatic nitrogens is 1. The zero-order valence-corrected chi connectivity index (χ0v) is 15.6. The van der Waals surface area contributed by atoms with Crippen LogP contribution in [0.25, 0.3) is 22.2 Å². The first-order valence-electron chi connectivity index (χ1n) is 9.74. The summed E-state index contributed by atoms with van der Waals surface area (Å²) in [5.41, 5.74) is 8.27. The van der Waals surface area contributed by atoms with Gasteiger partial charge in [0.25, 0.3) is 0 Å². The molecule has 1 aliphatic carbocycles. The molecule has 1 aromatic heterocycles. The van der Waals surface area contributed by atoms with Crippen LogP contribution in [-0.2, 0) is 0 Å². The van der Waals surface area contributed by atoms with E-state index in [1.165, 1.54) is 18.2 Å². The first-order valence-corrected chi connectivity index (χ1v) is 9.74. The van der Waals surface area contributed by atoms with Crippen LogP contribution in [0.3, 0.4) is 0 Å². The fourth-order valence-corrected chi connectivity index (χ4v) is 4.18. The van der Waals surface area contributed by atoms with Gasteiger partial charge in [0.1, 0.15) is 17.5 Å². The Morgan fingerprint density at radius 1 is 1.04 bits per heavy atom. The second kappa shape index (κ2) is 7.97. The lowest BCUT2D eigenvalue weighted by atomic mass is 9.70. The molecule has 0 unspecified atom stereocenters. The number of nitrogens with two attached hydrogens (primary N) is 1. The molecule has 4 N–H and O–H groups in total. The van der Waals surface area contributed by atoms with Crippen molar-refractivity contribution in [3.63, 3.8) is 0 Å². The second-order valence-corrected chi connectivity index (χ2v) is 7.61. The van der Waals surface area contributed by atoms with Crippen LogP contribution in [0.4, 0.5) is 13.2 Å². The van der Waals surface area contributed by atoms with Crippen molar-refractivity contribution in [2.45, 2.75) is 25.2 Å². The van der Waals surface area contributed by atoms with Crippen LogP contribution in [0, 0.1) is 23.4 Å². The molecular weight excluding hydrogens is 363 g/mol. The standard InChI is InChI=1S/C22H24F3N3/c23-16-4-2-14(3-5-16)21-20(15-8-13(9-15)12-27-7-1-6-26)18-10-17(24)11-19(25)22(18)28-21/h2-5,10-11,13,15,27-28H,1,6-9,12,26H2. The SMILES string of the molecule is NCCCNCC1CC(c2c(-c3ccc(F)cc3)[nH]c3c(F)cc(F)cc23)C1. The average Bonchev–Trinajstić information content (AvgIpc) is 3.00. The molecule has 3 nitrogen and oxygen atoms in total. The van der Waals surface area contributed by atoms with E-state index in [2.05, 4.69) is 10.3 Å². The number of hydrogen-bond acceptors (Lipinski definition) is 2. The summed E-state index contributed by atoms with van der Waals surface area (Å²) in [5, 5.41) is 3.99. The second-order valence-electron chi connectivity index (χ2n) is 7.61. The van der Waals surface area contributed by atoms with Crippen LogP contribution in [0.1, 0.15) is 30.7 Å². The van der Waals surface area contributed by atoms with Gasteiger partial charge in [-0.05, 0) is 92.2 Å². The van der Waals surface area contributed by atoms with Gasteiger partial charge >= 0.3 is 0 Å². The lowest BCUT2D eigenvalue weighted by molar-refractivity contribution is 0.256. The van der Waals surface area contributed by atoms with Crippen LogP contribution >= 0.6 is 0 Å². The van der Waals surface area contributed by atoms with Crippen molar-refractivity contribution < 1.29 is 13.2 Å². The molecule has 0 atom stereocenters. The van der Waals surface area contributed by atoms with Gasteiger partial charge in [-0.2, -0.15) is 0 Å². The highest BCUT2D eigenvalue weighted by molar-refractivity contribution is 5.92. The third kappa shape index (κ3) is 3.66. The smallest absolute Gasteiger partial charge is 0.150 e. The zero-order chi connectivity index (χ0) is 19.7. The van der Waals surface area contributed by atoms with Crippen LogP contribution in [-0.4, -0.2) is 24.6 Å². The Bertz CT molecular complexity index is 959. The summed E-state index contributed by atoms with van der Waals surface area (Å²) in [7, 11) is 0. The Balaban J connectivity index is 1.65. The van der Waals surface area contributed by atoms with E-state index < -0.39 is 11.6 Å². The van der Waals surface area contributed by atoms with Gasteiger partial charge in [-0.15, -0.1) is 0 Å². The molecule has 1 fully saturated rings. The highest BCUT2D eigenvalue weighted by atomic mass is 19.1. The molecule has 0 amide bonds. The van der Waals surface area contributed by atoms with Crippen molar-refractivity contribution in [2.75, 3.05) is 19.6 Å². The minimum absolute atomic E-state index is 0.219. The van der Waals surface area contributed by atoms with E-state index in [-0.39, 0.29) is 11.7 Å². The molecule has 1 saturated carbocycles. The fourth-order valence-electron chi connectivity index (χ4n) is 4.18. The number of halogens is 3. The fraction of sp³-hybridized carbons (Fsp3) is 0.364. The normalized spacial score (nSPS) is 19.1. The molecule has 148 valence electrons. The predicted octanol–water partition coefficient (Wildman–Crippen LogP) is 4.68. The molecule has 4 rings (SSSR count). The van der Waals surface area contributed by atoms with Crippen molar-refractivity contribution in [1.82, 2.24) is 10.3 Å². The van der Waals surface area contributed by atoms with E-state index in [1.54, 1.807) is 12.1 Å². The van der Waals surface area contributed by atoms with Crippen LogP contribution < -0.4 is 11.1 Å². The molecular formula is C22H24F3N3. The van der Waals surface area contributed by atoms with E-state index in [0.29, 0.717) is 23.4 Å². The summed E-state index contributed by atoms with van der Waals surface area (Å²) in [6.45, 7) is 2.50. The molecule has 28 heavy (non-hydrogen) atoms. The largest absolute Gasteiger partial charge is 0.352 e. The lowest BCUT2D eigenvalue weighted by Crippen LogP contribution is -2.33. The summed E-state index contributed by atoms with van der Waals surface area (Å²) < 4.78 is 41.6. The molecule has 2 aromatic carbocycles. The molecule has 3 aromatic rings. The third-order valence-corrected chi connectivity index (χ3v) is 5.63. The van der Waals surface area contributed by atoms with Crippen molar-refractivity contribution in [1.29, 1.82) is 0 Å². The Hall–Kier alpha value is -2.31. The monoisotopic (exact) mass is 387 g/mol. The first kappa shape index (κ1) is 19.0. The first-order chi connectivity index (χ1) is 13.6. The minimum Gasteiger partial charge on any atom is -0.352 e. The van der Waals surface area contributed by atoms with Crippen LogP contribution in [0.2, 0.25) is 0 Å². The van der Waals surface area contributed by atoms with Gasteiger partial charge in [0.05, 0.1) is 11.2 Å². The molecule has 6 heteroatoms. The van der Waals surface area contributed by atoms with Gasteiger partial charge in [-0.25, -0.2) is 13.2 Å². The summed E-state index contributed by atoms with van der Waals surface area (Å²) >= 11 is 0. The van der Waals surface area contributed by atoms with E-state index in [9.17, 15) is 13.2 Å². The van der Waals surface area contributed by atoms with Gasteiger partial charge in [-0.1, -0.05) is 0 Å². The number of aromatic amines is 1. The molecule has 0 spiro atoms. The van der Waals surface area contributed by atoms with E-state index >= 15 is 0 Å². The molecule has 1 aliphatic rings. The van der Waals surface area contributed by atoms with Crippen LogP contribution in [0.15, 0.2) is 36.4 Å². The highest BCUT2D eigenvalue weighted by Crippen LogP contribution is 2.48. The molecule has 0 saturated heterocycles. The summed E-state index contributed by atoms with van der Waals surface area (Å²) in [6, 6.07) is 8.38. The highest BCUT2D eigenvalue weighted by Gasteiger charge is 2.34. The maximum Gasteiger partial charge on any atom is 0.150 e.